The summed E-state index contributed by atoms with van der Waals surface area (Å²) in [5.41, 5.74) is 0.0732. The number of nitrogens with one attached hydrogen (secondary N) is 1. The molecule has 1 rings (SSSR count). The number of esters is 1. The fraction of sp³-hybridized carbons (Fsp3) is 0.938. The molecule has 1 N–H and O–H groups in total. The molecule has 0 radical (unpaired) electrons. The van der Waals surface area contributed by atoms with Crippen LogP contribution in [0.5, 0.6) is 0 Å². The van der Waals surface area contributed by atoms with Gasteiger partial charge in [0.05, 0.1) is 0 Å². The molecule has 1 heterocycles. The number of carbonyl (C=O) groups excluding carboxylic acids is 1. The Morgan fingerprint density at radius 1 is 1.10 bits per heavy atom. The van der Waals surface area contributed by atoms with Crippen molar-refractivity contribution in [3.63, 3.8) is 0 Å². The van der Waals surface area contributed by atoms with E-state index in [1.54, 1.807) is 0 Å². The zero-order valence-electron chi connectivity index (χ0n) is 13.8. The molecule has 0 spiro atoms. The molecule has 1 aliphatic heterocycles. The van der Waals surface area contributed by atoms with Gasteiger partial charge in [0.2, 0.25) is 0 Å². The lowest BCUT2D eigenvalue weighted by atomic mass is 9.81. The molecule has 0 amide bonds. The standard InChI is InChI=1S/C16H31NO2.ClH/c1-6-7-8-9-10-14(18)19-13-11-15(2,3)17-16(4,5)12-13;/h13,17H,6-12H2,1-5H3;1H. The van der Waals surface area contributed by atoms with Crippen LogP contribution in [0.4, 0.5) is 0 Å². The molecule has 0 aromatic heterocycles. The second-order valence-corrected chi connectivity index (χ2v) is 7.22. The summed E-state index contributed by atoms with van der Waals surface area (Å²) in [5.74, 6) is -0.0189. The minimum atomic E-state index is -0.0189. The minimum Gasteiger partial charge on any atom is -0.462 e. The monoisotopic (exact) mass is 305 g/mol. The van der Waals surface area contributed by atoms with Gasteiger partial charge in [-0.2, -0.15) is 0 Å². The van der Waals surface area contributed by atoms with E-state index < -0.39 is 0 Å². The van der Waals surface area contributed by atoms with E-state index in [2.05, 4.69) is 39.9 Å². The molecule has 1 saturated heterocycles. The first-order chi connectivity index (χ1) is 8.74. The molecule has 0 unspecified atom stereocenters. The van der Waals surface area contributed by atoms with Crippen LogP contribution in [0, 0.1) is 0 Å². The maximum atomic E-state index is 11.9. The van der Waals surface area contributed by atoms with Gasteiger partial charge in [0.25, 0.3) is 0 Å². The Bertz CT molecular complexity index is 287. The van der Waals surface area contributed by atoms with Gasteiger partial charge in [-0.05, 0) is 34.1 Å². The van der Waals surface area contributed by atoms with E-state index in [0.717, 1.165) is 25.7 Å². The van der Waals surface area contributed by atoms with Gasteiger partial charge in [-0.3, -0.25) is 4.79 Å². The average molecular weight is 306 g/mol. The van der Waals surface area contributed by atoms with E-state index in [-0.39, 0.29) is 35.6 Å². The van der Waals surface area contributed by atoms with Gasteiger partial charge >= 0.3 is 5.97 Å². The topological polar surface area (TPSA) is 38.3 Å². The summed E-state index contributed by atoms with van der Waals surface area (Å²) in [4.78, 5) is 11.9. The van der Waals surface area contributed by atoms with Crippen molar-refractivity contribution in [1.29, 1.82) is 0 Å². The lowest BCUT2D eigenvalue weighted by molar-refractivity contribution is -0.153. The highest BCUT2D eigenvalue weighted by Crippen LogP contribution is 2.30. The van der Waals surface area contributed by atoms with Gasteiger partial charge in [-0.25, -0.2) is 0 Å². The van der Waals surface area contributed by atoms with Crippen molar-refractivity contribution in [1.82, 2.24) is 5.32 Å². The first-order valence-electron chi connectivity index (χ1n) is 7.73. The van der Waals surface area contributed by atoms with Crippen molar-refractivity contribution in [2.24, 2.45) is 0 Å². The number of hydrogen-bond acceptors (Lipinski definition) is 3. The zero-order chi connectivity index (χ0) is 14.5. The average Bonchev–Trinajstić information content (AvgIpc) is 2.19. The number of hydrogen-bond donors (Lipinski definition) is 1. The maximum Gasteiger partial charge on any atom is 0.306 e. The molecule has 20 heavy (non-hydrogen) atoms. The Labute approximate surface area is 130 Å². The quantitative estimate of drug-likeness (QED) is 0.589. The fourth-order valence-corrected chi connectivity index (χ4v) is 3.25. The highest BCUT2D eigenvalue weighted by molar-refractivity contribution is 5.85. The lowest BCUT2D eigenvalue weighted by Gasteiger charge is -2.45. The first-order valence-corrected chi connectivity index (χ1v) is 7.73. The van der Waals surface area contributed by atoms with Gasteiger partial charge in [0, 0.05) is 30.3 Å². The van der Waals surface area contributed by atoms with Crippen molar-refractivity contribution in [2.45, 2.75) is 96.7 Å². The van der Waals surface area contributed by atoms with Crippen LogP contribution >= 0.6 is 12.4 Å². The molecule has 0 aromatic rings. The Hall–Kier alpha value is -0.280. The predicted molar refractivity (Wildman–Crippen MR) is 86.4 cm³/mol. The smallest absolute Gasteiger partial charge is 0.306 e. The van der Waals surface area contributed by atoms with Crippen LogP contribution in [0.15, 0.2) is 0 Å². The molecular weight excluding hydrogens is 274 g/mol. The van der Waals surface area contributed by atoms with E-state index in [1.165, 1.54) is 12.8 Å². The molecular formula is C16H32ClNO2. The predicted octanol–water partition coefficient (Wildman–Crippen LogP) is 4.23. The molecule has 120 valence electrons. The molecule has 0 bridgehead atoms. The third kappa shape index (κ3) is 7.49. The van der Waals surface area contributed by atoms with Crippen molar-refractivity contribution < 1.29 is 9.53 Å². The number of rotatable bonds is 6. The minimum absolute atomic E-state index is 0. The van der Waals surface area contributed by atoms with Gasteiger partial charge in [0.1, 0.15) is 6.10 Å². The number of ether oxygens (including phenoxy) is 1. The fourth-order valence-electron chi connectivity index (χ4n) is 3.25. The summed E-state index contributed by atoms with van der Waals surface area (Å²) >= 11 is 0. The molecule has 0 saturated carbocycles. The van der Waals surface area contributed by atoms with Crippen LogP contribution in [-0.2, 0) is 9.53 Å². The van der Waals surface area contributed by atoms with Crippen LogP contribution in [0.3, 0.4) is 0 Å². The Morgan fingerprint density at radius 3 is 2.15 bits per heavy atom. The number of carbonyl (C=O) groups is 1. The normalized spacial score (nSPS) is 21.1. The van der Waals surface area contributed by atoms with Gasteiger partial charge in [0.15, 0.2) is 0 Å². The van der Waals surface area contributed by atoms with E-state index >= 15 is 0 Å². The first kappa shape index (κ1) is 19.7. The highest BCUT2D eigenvalue weighted by Gasteiger charge is 2.39. The second kappa shape index (κ2) is 8.23. The Kier molecular flexibility index (Phi) is 8.12. The van der Waals surface area contributed by atoms with Crippen LogP contribution in [0.25, 0.3) is 0 Å². The third-order valence-electron chi connectivity index (χ3n) is 3.69. The summed E-state index contributed by atoms with van der Waals surface area (Å²) in [6.45, 7) is 10.9. The van der Waals surface area contributed by atoms with Crippen LogP contribution in [-0.4, -0.2) is 23.2 Å². The summed E-state index contributed by atoms with van der Waals surface area (Å²) in [6.07, 6.45) is 6.94. The molecule has 1 fully saturated rings. The number of halogens is 1. The molecule has 0 aliphatic carbocycles. The largest absolute Gasteiger partial charge is 0.462 e. The van der Waals surface area contributed by atoms with Gasteiger partial charge in [-0.1, -0.05) is 26.2 Å². The van der Waals surface area contributed by atoms with E-state index in [0.29, 0.717) is 6.42 Å². The summed E-state index contributed by atoms with van der Waals surface area (Å²) in [5, 5.41) is 3.60. The Morgan fingerprint density at radius 2 is 1.65 bits per heavy atom. The zero-order valence-corrected chi connectivity index (χ0v) is 14.6. The number of unbranched alkanes of at least 4 members (excludes halogenated alkanes) is 3. The third-order valence-corrected chi connectivity index (χ3v) is 3.69. The van der Waals surface area contributed by atoms with Crippen molar-refractivity contribution in [3.05, 3.63) is 0 Å². The summed E-state index contributed by atoms with van der Waals surface area (Å²) in [6, 6.07) is 0. The van der Waals surface area contributed by atoms with E-state index in [9.17, 15) is 4.79 Å². The van der Waals surface area contributed by atoms with Crippen molar-refractivity contribution in [3.8, 4) is 0 Å². The molecule has 3 nitrogen and oxygen atoms in total. The van der Waals surface area contributed by atoms with Crippen LogP contribution in [0.1, 0.15) is 79.6 Å². The van der Waals surface area contributed by atoms with Crippen LogP contribution < -0.4 is 5.32 Å². The molecule has 1 aliphatic rings. The Balaban J connectivity index is 0.00000361. The highest BCUT2D eigenvalue weighted by atomic mass is 35.5. The van der Waals surface area contributed by atoms with E-state index in [4.69, 9.17) is 4.74 Å². The number of piperidine rings is 1. The van der Waals surface area contributed by atoms with E-state index in [1.807, 2.05) is 0 Å². The summed E-state index contributed by atoms with van der Waals surface area (Å²) < 4.78 is 5.66. The van der Waals surface area contributed by atoms with Crippen molar-refractivity contribution >= 4 is 18.4 Å². The lowest BCUT2D eigenvalue weighted by Crippen LogP contribution is -2.59. The van der Waals surface area contributed by atoms with Crippen molar-refractivity contribution in [2.75, 3.05) is 0 Å². The second-order valence-electron chi connectivity index (χ2n) is 7.22. The maximum absolute atomic E-state index is 11.9. The summed E-state index contributed by atoms with van der Waals surface area (Å²) in [7, 11) is 0. The molecule has 4 heteroatoms. The molecule has 0 aromatic carbocycles. The molecule has 0 atom stereocenters. The SMILES string of the molecule is CCCCCCC(=O)OC1CC(C)(C)NC(C)(C)C1.Cl. The van der Waals surface area contributed by atoms with Gasteiger partial charge in [-0.15, -0.1) is 12.4 Å². The van der Waals surface area contributed by atoms with Crippen LogP contribution in [0.2, 0.25) is 0 Å². The van der Waals surface area contributed by atoms with Gasteiger partial charge < -0.3 is 10.1 Å².